The molecule has 0 spiro atoms. The third-order valence-electron chi connectivity index (χ3n) is 4.86. The number of aldehydes is 1. The van der Waals surface area contributed by atoms with Crippen LogP contribution in [-0.2, 0) is 24.1 Å². The molecule has 3 rings (SSSR count). The maximum atomic E-state index is 11.7. The summed E-state index contributed by atoms with van der Waals surface area (Å²) in [5.74, 6) is -0.260. The molecule has 0 unspecified atom stereocenters. The zero-order valence-electron chi connectivity index (χ0n) is 15.2. The van der Waals surface area contributed by atoms with E-state index < -0.39 is 0 Å². The van der Waals surface area contributed by atoms with Crippen LogP contribution in [0.4, 0.5) is 0 Å². The monoisotopic (exact) mass is 351 g/mol. The van der Waals surface area contributed by atoms with E-state index in [1.54, 1.807) is 0 Å². The Balaban J connectivity index is 1.48. The summed E-state index contributed by atoms with van der Waals surface area (Å²) < 4.78 is 5.01. The lowest BCUT2D eigenvalue weighted by Gasteiger charge is -2.28. The van der Waals surface area contributed by atoms with Crippen molar-refractivity contribution in [3.63, 3.8) is 0 Å². The Morgan fingerprint density at radius 1 is 1.15 bits per heavy atom. The minimum Gasteiger partial charge on any atom is -0.462 e. The Bertz CT molecular complexity index is 767. The predicted octanol–water partition coefficient (Wildman–Crippen LogP) is 3.67. The Kier molecular flexibility index (Phi) is 6.18. The van der Waals surface area contributed by atoms with Crippen molar-refractivity contribution < 1.29 is 14.3 Å². The zero-order chi connectivity index (χ0) is 18.4. The summed E-state index contributed by atoms with van der Waals surface area (Å²) in [6.45, 7) is 5.25. The second-order valence-corrected chi connectivity index (χ2v) is 6.69. The number of aryl methyl sites for hydroxylation is 1. The number of nitrogens with zero attached hydrogens (tertiary/aromatic N) is 1. The molecule has 1 aliphatic rings. The van der Waals surface area contributed by atoms with Crippen LogP contribution in [0.2, 0.25) is 0 Å². The fraction of sp³-hybridized carbons (Fsp3) is 0.364. The van der Waals surface area contributed by atoms with Gasteiger partial charge in [-0.3, -0.25) is 9.69 Å². The molecule has 26 heavy (non-hydrogen) atoms. The smallest absolute Gasteiger partial charge is 0.338 e. The van der Waals surface area contributed by atoms with Gasteiger partial charge in [0.25, 0.3) is 0 Å². The number of rotatable bonds is 7. The molecule has 0 radical (unpaired) electrons. The summed E-state index contributed by atoms with van der Waals surface area (Å²) in [7, 11) is 0. The third-order valence-corrected chi connectivity index (χ3v) is 4.86. The molecule has 0 saturated carbocycles. The van der Waals surface area contributed by atoms with Gasteiger partial charge in [0.05, 0.1) is 12.2 Å². The first kappa shape index (κ1) is 18.3. The van der Waals surface area contributed by atoms with Crippen LogP contribution in [0.5, 0.6) is 0 Å². The molecule has 0 amide bonds. The Hall–Kier alpha value is -2.46. The SMILES string of the molecule is CCOC(=O)c1ccc(CCCN2CCc3cc(C=O)ccc3C2)cc1. The van der Waals surface area contributed by atoms with Crippen molar-refractivity contribution in [3.8, 4) is 0 Å². The summed E-state index contributed by atoms with van der Waals surface area (Å²) in [6.07, 6.45) is 4.00. The highest BCUT2D eigenvalue weighted by molar-refractivity contribution is 5.89. The van der Waals surface area contributed by atoms with E-state index in [0.29, 0.717) is 12.2 Å². The lowest BCUT2D eigenvalue weighted by molar-refractivity contribution is 0.0526. The average Bonchev–Trinajstić information content (AvgIpc) is 2.68. The van der Waals surface area contributed by atoms with Crippen LogP contribution in [0.1, 0.15) is 50.8 Å². The van der Waals surface area contributed by atoms with Gasteiger partial charge < -0.3 is 4.74 Å². The highest BCUT2D eigenvalue weighted by Crippen LogP contribution is 2.20. The standard InChI is InChI=1S/C22H25NO3/c1-2-26-22(25)19-8-5-17(6-9-19)4-3-12-23-13-11-20-14-18(16-24)7-10-21(20)15-23/h5-10,14,16H,2-4,11-13,15H2,1H3. The molecule has 4 nitrogen and oxygen atoms in total. The molecule has 1 heterocycles. The van der Waals surface area contributed by atoms with Gasteiger partial charge in [-0.15, -0.1) is 0 Å². The van der Waals surface area contributed by atoms with Crippen molar-refractivity contribution in [3.05, 3.63) is 70.3 Å². The molecule has 0 aliphatic carbocycles. The molecular formula is C22H25NO3. The van der Waals surface area contributed by atoms with Crippen molar-refractivity contribution in [2.24, 2.45) is 0 Å². The predicted molar refractivity (Wildman–Crippen MR) is 102 cm³/mol. The largest absolute Gasteiger partial charge is 0.462 e. The van der Waals surface area contributed by atoms with Crippen molar-refractivity contribution in [1.82, 2.24) is 4.90 Å². The van der Waals surface area contributed by atoms with E-state index in [4.69, 9.17) is 4.74 Å². The Morgan fingerprint density at radius 3 is 2.69 bits per heavy atom. The fourth-order valence-electron chi connectivity index (χ4n) is 3.42. The fourth-order valence-corrected chi connectivity index (χ4v) is 3.42. The topological polar surface area (TPSA) is 46.6 Å². The van der Waals surface area contributed by atoms with Crippen LogP contribution in [-0.4, -0.2) is 36.9 Å². The number of carbonyl (C=O) groups is 2. The first-order valence-electron chi connectivity index (χ1n) is 9.25. The second-order valence-electron chi connectivity index (χ2n) is 6.69. The molecule has 0 aromatic heterocycles. The maximum Gasteiger partial charge on any atom is 0.338 e. The normalized spacial score (nSPS) is 13.9. The molecule has 0 N–H and O–H groups in total. The molecular weight excluding hydrogens is 326 g/mol. The van der Waals surface area contributed by atoms with Crippen LogP contribution in [0.3, 0.4) is 0 Å². The summed E-state index contributed by atoms with van der Waals surface area (Å²) in [5.41, 5.74) is 5.26. The second kappa shape index (κ2) is 8.77. The zero-order valence-corrected chi connectivity index (χ0v) is 15.2. The van der Waals surface area contributed by atoms with Crippen LogP contribution in [0.15, 0.2) is 42.5 Å². The van der Waals surface area contributed by atoms with Gasteiger partial charge in [-0.1, -0.05) is 24.3 Å². The molecule has 136 valence electrons. The van der Waals surface area contributed by atoms with Crippen LogP contribution in [0.25, 0.3) is 0 Å². The van der Waals surface area contributed by atoms with Gasteiger partial charge in [-0.25, -0.2) is 4.79 Å². The van der Waals surface area contributed by atoms with Gasteiger partial charge in [-0.05, 0) is 67.6 Å². The molecule has 4 heteroatoms. The van der Waals surface area contributed by atoms with Crippen LogP contribution < -0.4 is 0 Å². The van der Waals surface area contributed by atoms with Gasteiger partial charge in [0.2, 0.25) is 0 Å². The van der Waals surface area contributed by atoms with Gasteiger partial charge in [-0.2, -0.15) is 0 Å². The van der Waals surface area contributed by atoms with Crippen LogP contribution >= 0.6 is 0 Å². The molecule has 0 fully saturated rings. The number of esters is 1. The maximum absolute atomic E-state index is 11.7. The van der Waals surface area contributed by atoms with Gasteiger partial charge in [0.15, 0.2) is 0 Å². The molecule has 1 aliphatic heterocycles. The number of benzene rings is 2. The van der Waals surface area contributed by atoms with Crippen molar-refractivity contribution in [2.45, 2.75) is 32.7 Å². The molecule has 0 bridgehead atoms. The summed E-state index contributed by atoms with van der Waals surface area (Å²) in [6, 6.07) is 13.7. The Labute approximate surface area is 154 Å². The minimum atomic E-state index is -0.260. The molecule has 2 aromatic carbocycles. The Morgan fingerprint density at radius 2 is 1.96 bits per heavy atom. The first-order valence-corrected chi connectivity index (χ1v) is 9.25. The molecule has 0 saturated heterocycles. The van der Waals surface area contributed by atoms with E-state index in [9.17, 15) is 9.59 Å². The first-order chi connectivity index (χ1) is 12.7. The minimum absolute atomic E-state index is 0.260. The van der Waals surface area contributed by atoms with Crippen molar-refractivity contribution in [1.29, 1.82) is 0 Å². The number of ether oxygens (including phenoxy) is 1. The van der Waals surface area contributed by atoms with E-state index in [1.165, 1.54) is 16.7 Å². The summed E-state index contributed by atoms with van der Waals surface area (Å²) in [5, 5.41) is 0. The van der Waals surface area contributed by atoms with Gasteiger partial charge in [0, 0.05) is 18.7 Å². The third kappa shape index (κ3) is 4.58. The van der Waals surface area contributed by atoms with Crippen molar-refractivity contribution >= 4 is 12.3 Å². The number of hydrogen-bond donors (Lipinski definition) is 0. The summed E-state index contributed by atoms with van der Waals surface area (Å²) in [4.78, 5) is 25.0. The number of fused-ring (bicyclic) bond motifs is 1. The molecule has 0 atom stereocenters. The van der Waals surface area contributed by atoms with Gasteiger partial charge >= 0.3 is 5.97 Å². The number of hydrogen-bond acceptors (Lipinski definition) is 4. The van der Waals surface area contributed by atoms with Crippen LogP contribution in [0, 0.1) is 0 Å². The van der Waals surface area contributed by atoms with E-state index in [2.05, 4.69) is 11.0 Å². The summed E-state index contributed by atoms with van der Waals surface area (Å²) >= 11 is 0. The lowest BCUT2D eigenvalue weighted by Crippen LogP contribution is -2.31. The highest BCUT2D eigenvalue weighted by atomic mass is 16.5. The molecule has 2 aromatic rings. The van der Waals surface area contributed by atoms with E-state index >= 15 is 0 Å². The highest BCUT2D eigenvalue weighted by Gasteiger charge is 2.16. The van der Waals surface area contributed by atoms with E-state index in [0.717, 1.165) is 50.7 Å². The average molecular weight is 351 g/mol. The van der Waals surface area contributed by atoms with E-state index in [-0.39, 0.29) is 5.97 Å². The lowest BCUT2D eigenvalue weighted by atomic mass is 9.97. The van der Waals surface area contributed by atoms with Gasteiger partial charge in [0.1, 0.15) is 6.29 Å². The van der Waals surface area contributed by atoms with Crippen molar-refractivity contribution in [2.75, 3.05) is 19.7 Å². The quantitative estimate of drug-likeness (QED) is 0.564. The van der Waals surface area contributed by atoms with E-state index in [1.807, 2.05) is 43.3 Å². The number of carbonyl (C=O) groups excluding carboxylic acids is 2.